The van der Waals surface area contributed by atoms with Gasteiger partial charge >= 0.3 is 0 Å². The molecule has 98 valence electrons. The molecule has 1 N–H and O–H groups in total. The van der Waals surface area contributed by atoms with Crippen LogP contribution in [0.15, 0.2) is 43.0 Å². The summed E-state index contributed by atoms with van der Waals surface area (Å²) >= 11 is 0. The first-order chi connectivity index (χ1) is 8.69. The van der Waals surface area contributed by atoms with E-state index in [1.54, 1.807) is 0 Å². The van der Waals surface area contributed by atoms with Crippen LogP contribution in [-0.4, -0.2) is 38.6 Å². The highest BCUT2D eigenvalue weighted by Crippen LogP contribution is 2.19. The third-order valence-corrected chi connectivity index (χ3v) is 3.04. The molecular weight excluding hydrogens is 220 g/mol. The van der Waals surface area contributed by atoms with E-state index in [1.165, 1.54) is 16.7 Å². The van der Waals surface area contributed by atoms with E-state index in [-0.39, 0.29) is 0 Å². The molecule has 0 fully saturated rings. The summed E-state index contributed by atoms with van der Waals surface area (Å²) < 4.78 is 0. The minimum Gasteiger partial charge on any atom is -0.318 e. The van der Waals surface area contributed by atoms with Gasteiger partial charge in [-0.15, -0.1) is 0 Å². The highest BCUT2D eigenvalue weighted by molar-refractivity contribution is 5.75. The lowest BCUT2D eigenvalue weighted by atomic mass is 10.0. The molecule has 1 aromatic rings. The molecule has 1 rings (SSSR count). The van der Waals surface area contributed by atoms with Crippen LogP contribution in [-0.2, 0) is 0 Å². The molecule has 0 saturated heterocycles. The highest BCUT2D eigenvalue weighted by Gasteiger charge is 2.01. The topological polar surface area (TPSA) is 15.3 Å². The van der Waals surface area contributed by atoms with E-state index in [0.29, 0.717) is 0 Å². The number of hydrogen-bond acceptors (Lipinski definition) is 2. The Labute approximate surface area is 111 Å². The Morgan fingerprint density at radius 3 is 2.72 bits per heavy atom. The zero-order valence-electron chi connectivity index (χ0n) is 11.7. The maximum absolute atomic E-state index is 3.92. The van der Waals surface area contributed by atoms with Crippen LogP contribution >= 0.6 is 0 Å². The number of nitrogens with one attached hydrogen (secondary N) is 1. The standard InChI is InChI=1S/C16H24N2/c1-5-15(10-12-18(4)13-11-17-3)16-9-7-6-8-14(16)2/h5-10,17H,1,11-13H2,2-4H3/b15-10+. The lowest BCUT2D eigenvalue weighted by Gasteiger charge is -2.15. The van der Waals surface area contributed by atoms with Crippen LogP contribution in [0.25, 0.3) is 5.57 Å². The highest BCUT2D eigenvalue weighted by atomic mass is 15.1. The number of likely N-dealkylation sites (N-methyl/N-ethyl adjacent to an activating group) is 2. The van der Waals surface area contributed by atoms with Crippen LogP contribution in [0.1, 0.15) is 11.1 Å². The smallest absolute Gasteiger partial charge is 0.0169 e. The van der Waals surface area contributed by atoms with Gasteiger partial charge in [0.1, 0.15) is 0 Å². The summed E-state index contributed by atoms with van der Waals surface area (Å²) in [6.07, 6.45) is 4.18. The van der Waals surface area contributed by atoms with E-state index in [1.807, 2.05) is 13.1 Å². The number of nitrogens with zero attached hydrogens (tertiary/aromatic N) is 1. The summed E-state index contributed by atoms with van der Waals surface area (Å²) in [5, 5.41) is 3.16. The molecule has 2 heteroatoms. The van der Waals surface area contributed by atoms with Gasteiger partial charge in [0.25, 0.3) is 0 Å². The Bertz CT molecular complexity index is 407. The average Bonchev–Trinajstić information content (AvgIpc) is 2.39. The minimum atomic E-state index is 0.942. The zero-order valence-corrected chi connectivity index (χ0v) is 11.7. The van der Waals surface area contributed by atoms with Gasteiger partial charge in [-0.2, -0.15) is 0 Å². The average molecular weight is 244 g/mol. The first-order valence-electron chi connectivity index (χ1n) is 6.40. The maximum atomic E-state index is 3.92. The van der Waals surface area contributed by atoms with Gasteiger partial charge in [-0.05, 0) is 37.7 Å². The minimum absolute atomic E-state index is 0.942. The van der Waals surface area contributed by atoms with Crippen molar-refractivity contribution in [1.82, 2.24) is 10.2 Å². The molecular formula is C16H24N2. The predicted molar refractivity (Wildman–Crippen MR) is 80.8 cm³/mol. The van der Waals surface area contributed by atoms with Crippen LogP contribution < -0.4 is 5.32 Å². The molecule has 0 heterocycles. The predicted octanol–water partition coefficient (Wildman–Crippen LogP) is 2.72. The summed E-state index contributed by atoms with van der Waals surface area (Å²) in [4.78, 5) is 2.29. The number of aryl methyl sites for hydroxylation is 1. The monoisotopic (exact) mass is 244 g/mol. The maximum Gasteiger partial charge on any atom is 0.0169 e. The van der Waals surface area contributed by atoms with Crippen LogP contribution in [0.5, 0.6) is 0 Å². The molecule has 0 unspecified atom stereocenters. The van der Waals surface area contributed by atoms with Crippen LogP contribution in [0.3, 0.4) is 0 Å². The van der Waals surface area contributed by atoms with Crippen molar-refractivity contribution in [2.24, 2.45) is 0 Å². The van der Waals surface area contributed by atoms with E-state index < -0.39 is 0 Å². The molecule has 0 aromatic heterocycles. The third-order valence-electron chi connectivity index (χ3n) is 3.04. The van der Waals surface area contributed by atoms with Crippen molar-refractivity contribution in [2.75, 3.05) is 33.7 Å². The Hall–Kier alpha value is -1.38. The molecule has 0 bridgehead atoms. The summed E-state index contributed by atoms with van der Waals surface area (Å²) in [6.45, 7) is 9.06. The first kappa shape index (κ1) is 14.7. The fourth-order valence-electron chi connectivity index (χ4n) is 1.85. The van der Waals surface area contributed by atoms with Crippen molar-refractivity contribution in [3.05, 3.63) is 54.1 Å². The van der Waals surface area contributed by atoms with Crippen LogP contribution in [0.2, 0.25) is 0 Å². The summed E-state index contributed by atoms with van der Waals surface area (Å²) in [5.41, 5.74) is 3.78. The van der Waals surface area contributed by atoms with E-state index in [4.69, 9.17) is 0 Å². The molecule has 0 aliphatic heterocycles. The fourth-order valence-corrected chi connectivity index (χ4v) is 1.85. The van der Waals surface area contributed by atoms with Gasteiger partial charge in [0.2, 0.25) is 0 Å². The number of benzene rings is 1. The second-order valence-corrected chi connectivity index (χ2v) is 4.54. The first-order valence-corrected chi connectivity index (χ1v) is 6.40. The van der Waals surface area contributed by atoms with Gasteiger partial charge in [0.15, 0.2) is 0 Å². The Balaban J connectivity index is 2.72. The largest absolute Gasteiger partial charge is 0.318 e. The summed E-state index contributed by atoms with van der Waals surface area (Å²) in [6, 6.07) is 8.43. The lowest BCUT2D eigenvalue weighted by Crippen LogP contribution is -2.27. The van der Waals surface area contributed by atoms with Crippen molar-refractivity contribution < 1.29 is 0 Å². The van der Waals surface area contributed by atoms with E-state index in [0.717, 1.165) is 19.6 Å². The molecule has 1 aromatic carbocycles. The summed E-state index contributed by atoms with van der Waals surface area (Å²) in [7, 11) is 4.11. The second kappa shape index (κ2) is 7.85. The number of allylic oxidation sites excluding steroid dienone is 2. The Morgan fingerprint density at radius 1 is 1.39 bits per heavy atom. The molecule has 18 heavy (non-hydrogen) atoms. The summed E-state index contributed by atoms with van der Waals surface area (Å²) in [5.74, 6) is 0. The Morgan fingerprint density at radius 2 is 2.11 bits per heavy atom. The molecule has 0 amide bonds. The fraction of sp³-hybridized carbons (Fsp3) is 0.375. The van der Waals surface area contributed by atoms with Crippen molar-refractivity contribution in [3.8, 4) is 0 Å². The molecule has 0 radical (unpaired) electrons. The van der Waals surface area contributed by atoms with E-state index in [2.05, 4.69) is 61.1 Å². The Kier molecular flexibility index (Phi) is 6.40. The van der Waals surface area contributed by atoms with Crippen molar-refractivity contribution >= 4 is 5.57 Å². The normalized spacial score (nSPS) is 11.9. The van der Waals surface area contributed by atoms with Gasteiger partial charge in [0.05, 0.1) is 0 Å². The third kappa shape index (κ3) is 4.47. The number of hydrogen-bond donors (Lipinski definition) is 1. The van der Waals surface area contributed by atoms with Crippen molar-refractivity contribution in [3.63, 3.8) is 0 Å². The van der Waals surface area contributed by atoms with Gasteiger partial charge in [-0.3, -0.25) is 0 Å². The molecule has 0 spiro atoms. The number of rotatable bonds is 7. The SMILES string of the molecule is C=C/C(=C\CN(C)CCNC)c1ccccc1C. The molecule has 0 aliphatic rings. The van der Waals surface area contributed by atoms with Crippen LogP contribution in [0.4, 0.5) is 0 Å². The molecule has 0 saturated carbocycles. The van der Waals surface area contributed by atoms with Gasteiger partial charge < -0.3 is 10.2 Å². The molecule has 0 aliphatic carbocycles. The van der Waals surface area contributed by atoms with Gasteiger partial charge in [-0.25, -0.2) is 0 Å². The lowest BCUT2D eigenvalue weighted by molar-refractivity contribution is 0.371. The second-order valence-electron chi connectivity index (χ2n) is 4.54. The van der Waals surface area contributed by atoms with E-state index >= 15 is 0 Å². The quantitative estimate of drug-likeness (QED) is 0.742. The van der Waals surface area contributed by atoms with Gasteiger partial charge in [0, 0.05) is 19.6 Å². The van der Waals surface area contributed by atoms with Crippen molar-refractivity contribution in [2.45, 2.75) is 6.92 Å². The molecule has 0 atom stereocenters. The van der Waals surface area contributed by atoms with Crippen LogP contribution in [0, 0.1) is 6.92 Å². The molecule has 2 nitrogen and oxygen atoms in total. The van der Waals surface area contributed by atoms with E-state index in [9.17, 15) is 0 Å². The van der Waals surface area contributed by atoms with Gasteiger partial charge in [-0.1, -0.05) is 43.0 Å². The van der Waals surface area contributed by atoms with Crippen molar-refractivity contribution in [1.29, 1.82) is 0 Å². The zero-order chi connectivity index (χ0) is 13.4.